The van der Waals surface area contributed by atoms with E-state index in [1.807, 2.05) is 22.6 Å². The van der Waals surface area contributed by atoms with Crippen molar-refractivity contribution >= 4 is 22.6 Å². The second-order valence-corrected chi connectivity index (χ2v) is 4.40. The topological polar surface area (TPSA) is 28.7 Å². The van der Waals surface area contributed by atoms with E-state index in [1.54, 1.807) is 0 Å². The molecule has 0 radical (unpaired) electrons. The molecule has 1 fully saturated rings. The van der Waals surface area contributed by atoms with Crippen LogP contribution in [0, 0.1) is 9.62 Å². The quantitative estimate of drug-likeness (QED) is 0.726. The molecular formula is C7H5F2IN2. The van der Waals surface area contributed by atoms with Crippen molar-refractivity contribution in [2.75, 3.05) is 0 Å². The van der Waals surface area contributed by atoms with Gasteiger partial charge in [-0.1, -0.05) is 0 Å². The molecule has 2 nitrogen and oxygen atoms in total. The summed E-state index contributed by atoms with van der Waals surface area (Å²) in [5, 5.41) is 6.22. The van der Waals surface area contributed by atoms with Crippen LogP contribution in [0.5, 0.6) is 0 Å². The summed E-state index contributed by atoms with van der Waals surface area (Å²) in [6.45, 7) is 0. The largest absolute Gasteiger partial charge is 0.292 e. The first-order chi connectivity index (χ1) is 5.62. The highest BCUT2D eigenvalue weighted by molar-refractivity contribution is 14.1. The van der Waals surface area contributed by atoms with Crippen molar-refractivity contribution in [3.8, 4) is 0 Å². The Hall–Kier alpha value is -0.200. The Balaban J connectivity index is 2.27. The third-order valence-electron chi connectivity index (χ3n) is 2.72. The summed E-state index contributed by atoms with van der Waals surface area (Å²) >= 11 is 2.00. The minimum absolute atomic E-state index is 0.0631. The van der Waals surface area contributed by atoms with Crippen molar-refractivity contribution in [1.82, 2.24) is 10.2 Å². The highest BCUT2D eigenvalue weighted by Gasteiger charge is 2.65. The van der Waals surface area contributed by atoms with Gasteiger partial charge in [-0.05, 0) is 34.9 Å². The standard InChI is InChI=1S/C7H5F2IN2/c8-7(9)3-1-2(3)4-5(7)11-12-6(4)10/h2-3H,1H2,(H,11,12)/t2?,3-/m1/s1. The summed E-state index contributed by atoms with van der Waals surface area (Å²) in [5.41, 5.74) is 0.832. The Kier molecular flexibility index (Phi) is 1.10. The summed E-state index contributed by atoms with van der Waals surface area (Å²) in [7, 11) is 0. The maximum atomic E-state index is 13.3. The molecule has 0 amide bonds. The first-order valence-corrected chi connectivity index (χ1v) is 4.82. The first kappa shape index (κ1) is 7.23. The van der Waals surface area contributed by atoms with Gasteiger partial charge in [-0.2, -0.15) is 13.9 Å². The van der Waals surface area contributed by atoms with Crippen LogP contribution in [0.3, 0.4) is 0 Å². The number of aromatic amines is 1. The third-order valence-corrected chi connectivity index (χ3v) is 3.54. The van der Waals surface area contributed by atoms with Crippen LogP contribution in [-0.2, 0) is 5.92 Å². The van der Waals surface area contributed by atoms with Crippen molar-refractivity contribution < 1.29 is 8.78 Å². The number of hydrogen-bond acceptors (Lipinski definition) is 1. The van der Waals surface area contributed by atoms with Crippen LogP contribution in [0.2, 0.25) is 0 Å². The minimum atomic E-state index is -2.64. The number of nitrogens with zero attached hydrogens (tertiary/aromatic N) is 1. The maximum absolute atomic E-state index is 13.3. The van der Waals surface area contributed by atoms with Gasteiger partial charge in [-0.3, -0.25) is 5.10 Å². The molecule has 64 valence electrons. The highest BCUT2D eigenvalue weighted by Crippen LogP contribution is 2.66. The van der Waals surface area contributed by atoms with Crippen LogP contribution in [0.4, 0.5) is 8.78 Å². The van der Waals surface area contributed by atoms with Gasteiger partial charge in [0, 0.05) is 11.5 Å². The Morgan fingerprint density at radius 3 is 3.00 bits per heavy atom. The van der Waals surface area contributed by atoms with Gasteiger partial charge < -0.3 is 0 Å². The smallest absolute Gasteiger partial charge is 0.275 e. The lowest BCUT2D eigenvalue weighted by Gasteiger charge is -2.09. The fourth-order valence-corrected chi connectivity index (χ4v) is 2.81. The molecule has 0 aliphatic heterocycles. The van der Waals surface area contributed by atoms with Gasteiger partial charge in [0.05, 0.1) is 0 Å². The van der Waals surface area contributed by atoms with E-state index in [-0.39, 0.29) is 11.6 Å². The number of halogens is 3. The molecule has 2 aliphatic rings. The zero-order chi connectivity index (χ0) is 8.51. The maximum Gasteiger partial charge on any atom is 0.292 e. The predicted octanol–water partition coefficient (Wildman–Crippen LogP) is 2.22. The van der Waals surface area contributed by atoms with Gasteiger partial charge in [0.1, 0.15) is 9.39 Å². The number of nitrogens with one attached hydrogen (secondary N) is 1. The van der Waals surface area contributed by atoms with Crippen LogP contribution in [0.1, 0.15) is 23.6 Å². The molecule has 3 rings (SSSR count). The summed E-state index contributed by atoms with van der Waals surface area (Å²) in [6, 6.07) is 0. The molecule has 0 spiro atoms. The van der Waals surface area contributed by atoms with E-state index in [0.717, 1.165) is 5.56 Å². The van der Waals surface area contributed by atoms with Crippen LogP contribution < -0.4 is 0 Å². The van der Waals surface area contributed by atoms with Crippen LogP contribution >= 0.6 is 22.6 Å². The molecule has 1 N–H and O–H groups in total. The van der Waals surface area contributed by atoms with Gasteiger partial charge in [0.25, 0.3) is 5.92 Å². The van der Waals surface area contributed by atoms with Crippen LogP contribution in [0.15, 0.2) is 0 Å². The lowest BCUT2D eigenvalue weighted by atomic mass is 10.2. The molecule has 1 unspecified atom stereocenters. The Bertz CT molecular complexity index is 360. The van der Waals surface area contributed by atoms with E-state index < -0.39 is 11.8 Å². The van der Waals surface area contributed by atoms with Gasteiger partial charge >= 0.3 is 0 Å². The Labute approximate surface area is 80.9 Å². The second kappa shape index (κ2) is 1.83. The number of fused-ring (bicyclic) bond motifs is 3. The van der Waals surface area contributed by atoms with Crippen molar-refractivity contribution in [1.29, 1.82) is 0 Å². The average Bonchev–Trinajstić information content (AvgIpc) is 2.64. The van der Waals surface area contributed by atoms with Crippen molar-refractivity contribution in [2.24, 2.45) is 5.92 Å². The molecule has 2 aliphatic carbocycles. The van der Waals surface area contributed by atoms with E-state index in [2.05, 4.69) is 10.2 Å². The van der Waals surface area contributed by atoms with Gasteiger partial charge in [0.2, 0.25) is 0 Å². The average molecular weight is 282 g/mol. The number of alkyl halides is 2. The van der Waals surface area contributed by atoms with Gasteiger partial charge in [0.15, 0.2) is 0 Å². The molecule has 1 aromatic rings. The normalized spacial score (nSPS) is 34.6. The van der Waals surface area contributed by atoms with Crippen LogP contribution in [-0.4, -0.2) is 10.2 Å². The predicted molar refractivity (Wildman–Crippen MR) is 46.0 cm³/mol. The molecule has 0 aromatic carbocycles. The van der Waals surface area contributed by atoms with E-state index in [1.165, 1.54) is 0 Å². The fraction of sp³-hybridized carbons (Fsp3) is 0.571. The van der Waals surface area contributed by atoms with Gasteiger partial charge in [-0.15, -0.1) is 0 Å². The Morgan fingerprint density at radius 2 is 2.33 bits per heavy atom. The zero-order valence-corrected chi connectivity index (χ0v) is 8.10. The lowest BCUT2D eigenvalue weighted by molar-refractivity contribution is -0.0268. The SMILES string of the molecule is FC1(F)c2[nH]nc(I)c2C2C[C@H]21. The third kappa shape index (κ3) is 0.627. The molecule has 1 saturated carbocycles. The summed E-state index contributed by atoms with van der Waals surface area (Å²) in [5.74, 6) is -2.99. The van der Waals surface area contributed by atoms with Gasteiger partial charge in [-0.25, -0.2) is 0 Å². The molecule has 12 heavy (non-hydrogen) atoms. The van der Waals surface area contributed by atoms with Crippen molar-refractivity contribution in [3.05, 3.63) is 15.0 Å². The molecule has 5 heteroatoms. The lowest BCUT2D eigenvalue weighted by Crippen LogP contribution is -2.13. The number of hydrogen-bond donors (Lipinski definition) is 1. The van der Waals surface area contributed by atoms with Crippen molar-refractivity contribution in [3.63, 3.8) is 0 Å². The summed E-state index contributed by atoms with van der Waals surface area (Å²) in [6.07, 6.45) is 0.634. The zero-order valence-electron chi connectivity index (χ0n) is 5.94. The Morgan fingerprint density at radius 1 is 1.58 bits per heavy atom. The monoisotopic (exact) mass is 282 g/mol. The summed E-state index contributed by atoms with van der Waals surface area (Å²) in [4.78, 5) is 0. The molecule has 0 bridgehead atoms. The van der Waals surface area contributed by atoms with E-state index in [9.17, 15) is 8.78 Å². The molecular weight excluding hydrogens is 277 g/mol. The van der Waals surface area contributed by atoms with Crippen molar-refractivity contribution in [2.45, 2.75) is 18.3 Å². The second-order valence-electron chi connectivity index (χ2n) is 3.37. The number of rotatable bonds is 0. The molecule has 1 aromatic heterocycles. The number of H-pyrrole nitrogens is 1. The minimum Gasteiger partial charge on any atom is -0.275 e. The molecule has 0 saturated heterocycles. The molecule has 2 atom stereocenters. The van der Waals surface area contributed by atoms with E-state index in [0.29, 0.717) is 10.1 Å². The summed E-state index contributed by atoms with van der Waals surface area (Å²) < 4.78 is 27.3. The van der Waals surface area contributed by atoms with E-state index in [4.69, 9.17) is 0 Å². The highest BCUT2D eigenvalue weighted by atomic mass is 127. The van der Waals surface area contributed by atoms with E-state index >= 15 is 0 Å². The molecule has 1 heterocycles. The number of aromatic nitrogens is 2. The van der Waals surface area contributed by atoms with Crippen LogP contribution in [0.25, 0.3) is 0 Å². The fourth-order valence-electron chi connectivity index (χ4n) is 2.02. The first-order valence-electron chi connectivity index (χ1n) is 3.74.